The number of nitrogens with zero attached hydrogens (tertiary/aromatic N) is 3. The summed E-state index contributed by atoms with van der Waals surface area (Å²) in [5, 5.41) is 4.98. The van der Waals surface area contributed by atoms with Crippen molar-refractivity contribution >= 4 is 60.7 Å². The first-order valence-corrected chi connectivity index (χ1v) is 23.7. The van der Waals surface area contributed by atoms with Gasteiger partial charge in [0.05, 0.1) is 27.8 Å². The zero-order chi connectivity index (χ0) is 45.7. The Morgan fingerprint density at radius 2 is 0.681 bits per heavy atom. The molecule has 0 unspecified atom stereocenters. The molecule has 69 heavy (non-hydrogen) atoms. The highest BCUT2D eigenvalue weighted by molar-refractivity contribution is 6.11. The number of para-hydroxylation sites is 5. The number of benzene rings is 11. The van der Waals surface area contributed by atoms with Crippen LogP contribution in [0.1, 0.15) is 0 Å². The maximum Gasteiger partial charge on any atom is 0.0547 e. The molecule has 0 bridgehead atoms. The SMILES string of the molecule is c1ccc(-c2ccccc2-c2ccccc2-c2ccccc2N(c2ccc(-c3ccc4c5ccccc5n(-c5ccccc5)c4c3)cc2)c2cccc(-n3c4ccccc4c4ccccc43)c2)cc1. The molecule has 0 aliphatic carbocycles. The van der Waals surface area contributed by atoms with E-state index in [1.165, 1.54) is 77.0 Å². The van der Waals surface area contributed by atoms with Crippen LogP contribution in [-0.2, 0) is 0 Å². The molecule has 0 aliphatic rings. The third-order valence-electron chi connectivity index (χ3n) is 13.7. The largest absolute Gasteiger partial charge is 0.310 e. The van der Waals surface area contributed by atoms with Crippen LogP contribution in [0.2, 0.25) is 0 Å². The molecular formula is C66H45N3. The lowest BCUT2D eigenvalue weighted by Gasteiger charge is -2.29. The van der Waals surface area contributed by atoms with Crippen molar-refractivity contribution in [1.82, 2.24) is 9.13 Å². The molecule has 3 heteroatoms. The lowest BCUT2D eigenvalue weighted by Crippen LogP contribution is -2.12. The van der Waals surface area contributed by atoms with Gasteiger partial charge in [-0.3, -0.25) is 0 Å². The van der Waals surface area contributed by atoms with Crippen LogP contribution in [0, 0.1) is 0 Å². The topological polar surface area (TPSA) is 13.1 Å². The fourth-order valence-corrected chi connectivity index (χ4v) is 10.6. The Bertz CT molecular complexity index is 3960. The molecule has 0 amide bonds. The third-order valence-corrected chi connectivity index (χ3v) is 13.7. The highest BCUT2D eigenvalue weighted by Gasteiger charge is 2.22. The molecule has 0 fully saturated rings. The minimum absolute atomic E-state index is 1.06. The summed E-state index contributed by atoms with van der Waals surface area (Å²) in [6, 6.07) is 99.2. The molecule has 13 rings (SSSR count). The summed E-state index contributed by atoms with van der Waals surface area (Å²) in [6.07, 6.45) is 0. The van der Waals surface area contributed by atoms with Crippen LogP contribution >= 0.6 is 0 Å². The summed E-state index contributed by atoms with van der Waals surface area (Å²) in [6.45, 7) is 0. The van der Waals surface area contributed by atoms with E-state index in [9.17, 15) is 0 Å². The molecule has 0 aliphatic heterocycles. The van der Waals surface area contributed by atoms with Crippen LogP contribution in [0.5, 0.6) is 0 Å². The monoisotopic (exact) mass is 879 g/mol. The van der Waals surface area contributed by atoms with Crippen LogP contribution in [0.25, 0.3) is 99.5 Å². The second kappa shape index (κ2) is 16.9. The lowest BCUT2D eigenvalue weighted by molar-refractivity contribution is 1.17. The Balaban J connectivity index is 0.989. The smallest absolute Gasteiger partial charge is 0.0547 e. The van der Waals surface area contributed by atoms with Gasteiger partial charge in [-0.1, -0.05) is 200 Å². The van der Waals surface area contributed by atoms with Gasteiger partial charge in [-0.05, 0) is 112 Å². The van der Waals surface area contributed by atoms with Gasteiger partial charge in [0.1, 0.15) is 0 Å². The van der Waals surface area contributed by atoms with Crippen molar-refractivity contribution in [1.29, 1.82) is 0 Å². The number of anilines is 3. The average Bonchev–Trinajstić information content (AvgIpc) is 3.95. The van der Waals surface area contributed by atoms with Crippen molar-refractivity contribution in [3.63, 3.8) is 0 Å². The predicted molar refractivity (Wildman–Crippen MR) is 292 cm³/mol. The second-order valence-electron chi connectivity index (χ2n) is 17.7. The van der Waals surface area contributed by atoms with Crippen LogP contribution in [0.3, 0.4) is 0 Å². The third kappa shape index (κ3) is 6.91. The molecule has 0 saturated carbocycles. The summed E-state index contributed by atoms with van der Waals surface area (Å²) in [5.74, 6) is 0. The molecule has 11 aromatic carbocycles. The maximum atomic E-state index is 2.44. The molecule has 0 N–H and O–H groups in total. The fourth-order valence-electron chi connectivity index (χ4n) is 10.6. The molecule has 0 saturated heterocycles. The van der Waals surface area contributed by atoms with Gasteiger partial charge in [0.2, 0.25) is 0 Å². The van der Waals surface area contributed by atoms with Crippen LogP contribution < -0.4 is 4.90 Å². The van der Waals surface area contributed by atoms with Crippen molar-refractivity contribution in [2.24, 2.45) is 0 Å². The number of hydrogen-bond donors (Lipinski definition) is 0. The summed E-state index contributed by atoms with van der Waals surface area (Å²) in [4.78, 5) is 2.44. The minimum Gasteiger partial charge on any atom is -0.310 e. The molecule has 2 heterocycles. The first-order valence-electron chi connectivity index (χ1n) is 23.7. The first kappa shape index (κ1) is 40.1. The summed E-state index contributed by atoms with van der Waals surface area (Å²) in [7, 11) is 0. The van der Waals surface area contributed by atoms with Crippen molar-refractivity contribution in [2.75, 3.05) is 4.90 Å². The normalized spacial score (nSPS) is 11.5. The van der Waals surface area contributed by atoms with Gasteiger partial charge in [0.15, 0.2) is 0 Å². The molecule has 0 radical (unpaired) electrons. The average molecular weight is 880 g/mol. The fraction of sp³-hybridized carbons (Fsp3) is 0. The van der Waals surface area contributed by atoms with Gasteiger partial charge >= 0.3 is 0 Å². The van der Waals surface area contributed by atoms with E-state index in [1.54, 1.807) is 0 Å². The Morgan fingerprint density at radius 1 is 0.232 bits per heavy atom. The van der Waals surface area contributed by atoms with Crippen molar-refractivity contribution in [3.8, 4) is 55.9 Å². The van der Waals surface area contributed by atoms with Crippen molar-refractivity contribution in [2.45, 2.75) is 0 Å². The van der Waals surface area contributed by atoms with Gasteiger partial charge in [-0.15, -0.1) is 0 Å². The zero-order valence-corrected chi connectivity index (χ0v) is 37.8. The van der Waals surface area contributed by atoms with E-state index >= 15 is 0 Å². The summed E-state index contributed by atoms with van der Waals surface area (Å²) < 4.78 is 4.80. The number of aromatic nitrogens is 2. The Kier molecular flexibility index (Phi) is 9.84. The van der Waals surface area contributed by atoms with Crippen LogP contribution in [0.15, 0.2) is 273 Å². The zero-order valence-electron chi connectivity index (χ0n) is 37.8. The van der Waals surface area contributed by atoms with Crippen molar-refractivity contribution in [3.05, 3.63) is 273 Å². The maximum absolute atomic E-state index is 2.44. The van der Waals surface area contributed by atoms with Gasteiger partial charge in [0, 0.05) is 49.9 Å². The van der Waals surface area contributed by atoms with E-state index in [-0.39, 0.29) is 0 Å². The minimum atomic E-state index is 1.06. The van der Waals surface area contributed by atoms with Crippen LogP contribution in [-0.4, -0.2) is 9.13 Å². The predicted octanol–water partition coefficient (Wildman–Crippen LogP) is 18.0. The quantitative estimate of drug-likeness (QED) is 0.141. The number of rotatable bonds is 9. The van der Waals surface area contributed by atoms with Gasteiger partial charge in [-0.2, -0.15) is 0 Å². The number of fused-ring (bicyclic) bond motifs is 6. The highest BCUT2D eigenvalue weighted by Crippen LogP contribution is 2.46. The summed E-state index contributed by atoms with van der Waals surface area (Å²) >= 11 is 0. The Labute approximate surface area is 401 Å². The first-order chi connectivity index (χ1) is 34.3. The van der Waals surface area contributed by atoms with Gasteiger partial charge in [0.25, 0.3) is 0 Å². The second-order valence-corrected chi connectivity index (χ2v) is 17.7. The molecule has 0 atom stereocenters. The van der Waals surface area contributed by atoms with E-state index in [4.69, 9.17) is 0 Å². The Morgan fingerprint density at radius 3 is 1.32 bits per heavy atom. The Hall–Kier alpha value is -9.18. The van der Waals surface area contributed by atoms with E-state index < -0.39 is 0 Å². The highest BCUT2D eigenvalue weighted by atomic mass is 15.1. The summed E-state index contributed by atoms with van der Waals surface area (Å²) in [5.41, 5.74) is 19.6. The molecule has 0 spiro atoms. The van der Waals surface area contributed by atoms with E-state index in [2.05, 4.69) is 287 Å². The molecular weight excluding hydrogens is 835 g/mol. The van der Waals surface area contributed by atoms with Gasteiger partial charge < -0.3 is 14.0 Å². The molecule has 13 aromatic rings. The number of hydrogen-bond acceptors (Lipinski definition) is 1. The molecule has 324 valence electrons. The molecule has 2 aromatic heterocycles. The van der Waals surface area contributed by atoms with Crippen LogP contribution in [0.4, 0.5) is 17.1 Å². The van der Waals surface area contributed by atoms with E-state index in [0.717, 1.165) is 39.6 Å². The molecule has 3 nitrogen and oxygen atoms in total. The van der Waals surface area contributed by atoms with E-state index in [1.807, 2.05) is 0 Å². The van der Waals surface area contributed by atoms with E-state index in [0.29, 0.717) is 0 Å². The van der Waals surface area contributed by atoms with Crippen molar-refractivity contribution < 1.29 is 0 Å². The standard InChI is InChI=1S/C66H45N3/c1-3-20-47(21-4-1)53-26-7-8-27-54(53)55-28-9-10-29-56(55)57-30-11-15-34-62(57)67(51-24-19-25-52(45-51)69-64-36-17-12-31-58(64)59-32-13-18-37-65(59)69)50-41-38-46(39-42-50)48-40-43-61-60-33-14-16-35-63(60)68(66(61)44-48)49-22-5-2-6-23-49/h1-45H. The lowest BCUT2D eigenvalue weighted by atomic mass is 9.88. The van der Waals surface area contributed by atoms with Gasteiger partial charge in [-0.25, -0.2) is 0 Å².